The number of benzene rings is 7. The van der Waals surface area contributed by atoms with E-state index in [1.807, 2.05) is 0 Å². The number of rotatable bonds is 23. The highest BCUT2D eigenvalue weighted by atomic mass is 32.2. The SMILES string of the molecule is CCCCCCCCC(CC)Oc1ccccc1-c1c2nc(c(-c3ccc(Sc4cccc(N(C)C)c4)cc3)c3ccc([nH]3)c(-c3ccc(Sc4cccc(N(C)C)c4)cc3)c3nc(c(-c4ccc(Sc5cccc(N(C)C)c5)cc4)c4ccc1[nH]4)C=C3)C=C2. The molecule has 0 fully saturated rings. The molecule has 1 atom stereocenters. The van der Waals surface area contributed by atoms with Gasteiger partial charge in [-0.25, -0.2) is 9.97 Å². The third kappa shape index (κ3) is 14.3. The predicted molar refractivity (Wildman–Crippen MR) is 388 cm³/mol. The number of nitrogens with one attached hydrogen (secondary N) is 2. The van der Waals surface area contributed by atoms with E-state index in [1.165, 1.54) is 63.9 Å². The number of hydrogen-bond donors (Lipinski definition) is 2. The lowest BCUT2D eigenvalue weighted by Crippen LogP contribution is -2.15. The van der Waals surface area contributed by atoms with Gasteiger partial charge in [0.15, 0.2) is 0 Å². The second-order valence-corrected chi connectivity index (χ2v) is 27.2. The summed E-state index contributed by atoms with van der Waals surface area (Å²) < 4.78 is 7.16. The van der Waals surface area contributed by atoms with Gasteiger partial charge in [-0.1, -0.05) is 154 Å². The molecular formula is C79H79N7OS3. The molecule has 7 aromatic carbocycles. The fourth-order valence-corrected chi connectivity index (χ4v) is 14.4. The van der Waals surface area contributed by atoms with E-state index in [9.17, 15) is 0 Å². The maximum absolute atomic E-state index is 7.16. The highest BCUT2D eigenvalue weighted by Gasteiger charge is 2.22. The normalized spacial score (nSPS) is 12.1. The van der Waals surface area contributed by atoms with Gasteiger partial charge in [0.05, 0.1) is 28.9 Å². The van der Waals surface area contributed by atoms with Crippen molar-refractivity contribution in [1.29, 1.82) is 0 Å². The van der Waals surface area contributed by atoms with Crippen molar-refractivity contribution in [1.82, 2.24) is 19.9 Å². The molecule has 0 aliphatic carbocycles. The zero-order valence-electron chi connectivity index (χ0n) is 52.9. The Bertz CT molecular complexity index is 4290. The minimum absolute atomic E-state index is 0.0756. The first-order valence-corrected chi connectivity index (χ1v) is 34.0. The average molecular weight is 1240 g/mol. The quantitative estimate of drug-likeness (QED) is 0.0609. The first-order chi connectivity index (χ1) is 43.9. The lowest BCUT2D eigenvalue weighted by atomic mass is 10.0. The van der Waals surface area contributed by atoms with E-state index in [0.29, 0.717) is 0 Å². The first-order valence-electron chi connectivity index (χ1n) is 31.5. The minimum atomic E-state index is 0.0756. The summed E-state index contributed by atoms with van der Waals surface area (Å²) in [6.07, 6.45) is 18.2. The summed E-state index contributed by atoms with van der Waals surface area (Å²) in [7, 11) is 12.5. The van der Waals surface area contributed by atoms with Crippen molar-refractivity contribution < 1.29 is 4.74 Å². The first kappa shape index (κ1) is 61.6. The summed E-state index contributed by atoms with van der Waals surface area (Å²) >= 11 is 5.30. The van der Waals surface area contributed by atoms with Crippen molar-refractivity contribution in [3.05, 3.63) is 217 Å². The molecule has 8 nitrogen and oxygen atoms in total. The van der Waals surface area contributed by atoms with Crippen LogP contribution in [0.2, 0.25) is 0 Å². The maximum Gasteiger partial charge on any atom is 0.127 e. The van der Waals surface area contributed by atoms with Crippen LogP contribution in [0, 0.1) is 0 Å². The van der Waals surface area contributed by atoms with Crippen LogP contribution in [0.3, 0.4) is 0 Å². The van der Waals surface area contributed by atoms with Gasteiger partial charge in [0.1, 0.15) is 5.75 Å². The third-order valence-electron chi connectivity index (χ3n) is 16.7. The second-order valence-electron chi connectivity index (χ2n) is 23.8. The second kappa shape index (κ2) is 28.5. The van der Waals surface area contributed by atoms with Crippen LogP contribution in [0.25, 0.3) is 90.9 Å². The van der Waals surface area contributed by atoms with E-state index in [-0.39, 0.29) is 6.10 Å². The number of H-pyrrole nitrogens is 2. The van der Waals surface area contributed by atoms with E-state index in [4.69, 9.17) is 14.7 Å². The Labute approximate surface area is 544 Å². The van der Waals surface area contributed by atoms with Gasteiger partial charge in [-0.2, -0.15) is 0 Å². The fourth-order valence-electron chi connectivity index (χ4n) is 11.8. The topological polar surface area (TPSA) is 76.3 Å². The van der Waals surface area contributed by atoms with Crippen LogP contribution in [0.1, 0.15) is 88.0 Å². The molecule has 11 heteroatoms. The van der Waals surface area contributed by atoms with Crippen LogP contribution < -0.4 is 19.4 Å². The Morgan fingerprint density at radius 1 is 0.378 bits per heavy atom. The Hall–Kier alpha value is -8.61. The number of hydrogen-bond acceptors (Lipinski definition) is 9. The highest BCUT2D eigenvalue weighted by Crippen LogP contribution is 2.43. The van der Waals surface area contributed by atoms with E-state index in [2.05, 4.69) is 299 Å². The van der Waals surface area contributed by atoms with Crippen molar-refractivity contribution in [2.75, 3.05) is 57.0 Å². The molecule has 8 bridgehead atoms. The molecule has 2 aliphatic rings. The van der Waals surface area contributed by atoms with Gasteiger partial charge in [0, 0.05) is 139 Å². The fraction of sp³-hybridized carbons (Fsp3) is 0.215. The molecule has 90 heavy (non-hydrogen) atoms. The lowest BCUT2D eigenvalue weighted by molar-refractivity contribution is 0.183. The van der Waals surface area contributed by atoms with Crippen LogP contribution in [-0.4, -0.2) is 68.3 Å². The van der Waals surface area contributed by atoms with E-state index >= 15 is 0 Å². The zero-order chi connectivity index (χ0) is 62.1. The number of fused-ring (bicyclic) bond motifs is 8. The van der Waals surface area contributed by atoms with Crippen LogP contribution in [0.5, 0.6) is 5.75 Å². The molecule has 0 amide bonds. The summed E-state index contributed by atoms with van der Waals surface area (Å²) in [6.45, 7) is 4.53. The predicted octanol–water partition coefficient (Wildman–Crippen LogP) is 21.9. The van der Waals surface area contributed by atoms with Crippen molar-refractivity contribution in [2.45, 2.75) is 101 Å². The van der Waals surface area contributed by atoms with Crippen LogP contribution >= 0.6 is 35.3 Å². The van der Waals surface area contributed by atoms with Gasteiger partial charge >= 0.3 is 0 Å². The smallest absolute Gasteiger partial charge is 0.127 e. The number of para-hydroxylation sites is 1. The molecule has 0 spiro atoms. The number of anilines is 3. The molecule has 5 heterocycles. The van der Waals surface area contributed by atoms with Gasteiger partial charge in [0.2, 0.25) is 0 Å². The van der Waals surface area contributed by atoms with Crippen LogP contribution in [-0.2, 0) is 0 Å². The van der Waals surface area contributed by atoms with E-state index in [0.717, 1.165) is 129 Å². The molecular weight excluding hydrogens is 1160 g/mol. The van der Waals surface area contributed by atoms with E-state index < -0.39 is 0 Å². The highest BCUT2D eigenvalue weighted by molar-refractivity contribution is 7.99. The number of ether oxygens (including phenoxy) is 1. The van der Waals surface area contributed by atoms with Crippen molar-refractivity contribution in [3.8, 4) is 50.3 Å². The molecule has 3 aromatic heterocycles. The van der Waals surface area contributed by atoms with Gasteiger partial charge in [-0.3, -0.25) is 0 Å². The average Bonchev–Trinajstić information content (AvgIpc) is 1.97. The molecule has 2 aliphatic heterocycles. The van der Waals surface area contributed by atoms with Gasteiger partial charge in [0.25, 0.3) is 0 Å². The molecule has 0 saturated heterocycles. The summed E-state index contributed by atoms with van der Waals surface area (Å²) in [5, 5.41) is 0. The number of unbranched alkanes of at least 4 members (excludes halogenated alkanes) is 5. The van der Waals surface area contributed by atoms with Gasteiger partial charge in [-0.15, -0.1) is 0 Å². The molecule has 10 aromatic rings. The molecule has 2 N–H and O–H groups in total. The van der Waals surface area contributed by atoms with Crippen molar-refractivity contribution in [2.24, 2.45) is 0 Å². The maximum atomic E-state index is 7.16. The number of aromatic amines is 2. The zero-order valence-corrected chi connectivity index (χ0v) is 55.3. The summed E-state index contributed by atoms with van der Waals surface area (Å²) in [5.74, 6) is 0.854. The molecule has 0 radical (unpaired) electrons. The largest absolute Gasteiger partial charge is 0.490 e. The van der Waals surface area contributed by atoms with Crippen molar-refractivity contribution in [3.63, 3.8) is 0 Å². The molecule has 1 unspecified atom stereocenters. The number of aromatic nitrogens is 4. The molecule has 12 rings (SSSR count). The van der Waals surface area contributed by atoms with Gasteiger partial charge < -0.3 is 29.4 Å². The summed E-state index contributed by atoms with van der Waals surface area (Å²) in [6, 6.07) is 70.3. The Balaban J connectivity index is 1.06. The molecule has 454 valence electrons. The van der Waals surface area contributed by atoms with Gasteiger partial charge in [-0.05, 0) is 182 Å². The van der Waals surface area contributed by atoms with E-state index in [1.54, 1.807) is 35.3 Å². The lowest BCUT2D eigenvalue weighted by Gasteiger charge is -2.20. The standard InChI is InChI=1S/C79H79N7OS3/c1-9-11-12-13-14-15-24-59(10-2)87-75-29-17-16-28-66(75)79-73-48-46-71(82-73)77(54-32-38-61(39-33-54)89-64-26-19-22-57(51-64)85(5)6)69-44-42-67(80-69)76(53-30-36-60(37-31-53)88-63-25-18-21-56(50-63)84(3)4)68-43-45-70(81-68)78(72-47-49-74(79)83-72)55-34-40-62(41-35-55)90-65-27-20-23-58(52-65)86(7)8/h16-23,25-52,59,80,83H,9-15,24H2,1-8H3. The Kier molecular flexibility index (Phi) is 19.5. The number of nitrogens with zero attached hydrogens (tertiary/aromatic N) is 5. The summed E-state index contributed by atoms with van der Waals surface area (Å²) in [4.78, 5) is 32.9. The van der Waals surface area contributed by atoms with Crippen LogP contribution in [0.4, 0.5) is 17.1 Å². The van der Waals surface area contributed by atoms with Crippen LogP contribution in [0.15, 0.2) is 223 Å². The third-order valence-corrected chi connectivity index (χ3v) is 19.7. The monoisotopic (exact) mass is 1240 g/mol. The minimum Gasteiger partial charge on any atom is -0.490 e. The Morgan fingerprint density at radius 3 is 1.13 bits per heavy atom. The Morgan fingerprint density at radius 2 is 0.744 bits per heavy atom. The van der Waals surface area contributed by atoms with Crippen molar-refractivity contribution >= 4 is 98.7 Å². The molecule has 0 saturated carbocycles. The summed E-state index contributed by atoms with van der Waals surface area (Å²) in [5.41, 5.74) is 18.8.